The monoisotopic (exact) mass is 371 g/mol. The number of hydrogen-bond donors (Lipinski definition) is 2. The van der Waals surface area contributed by atoms with Crippen LogP contribution < -0.4 is 0 Å². The molecule has 1 aliphatic rings. The first-order valence-corrected chi connectivity index (χ1v) is 8.79. The van der Waals surface area contributed by atoms with E-state index < -0.39 is 18.0 Å². The molecule has 1 unspecified atom stereocenters. The normalized spacial score (nSPS) is 23.3. The summed E-state index contributed by atoms with van der Waals surface area (Å²) in [5.41, 5.74) is 0.678. The van der Waals surface area contributed by atoms with E-state index >= 15 is 0 Å². The number of benzene rings is 1. The van der Waals surface area contributed by atoms with Crippen LogP contribution in [0.3, 0.4) is 0 Å². The number of thiol groups is 1. The van der Waals surface area contributed by atoms with E-state index in [-0.39, 0.29) is 17.6 Å². The lowest BCUT2D eigenvalue weighted by atomic mass is 9.98. The zero-order valence-electron chi connectivity index (χ0n) is 13.5. The van der Waals surface area contributed by atoms with Gasteiger partial charge in [0.15, 0.2) is 0 Å². The fourth-order valence-corrected chi connectivity index (χ4v) is 3.82. The van der Waals surface area contributed by atoms with E-state index in [2.05, 4.69) is 12.6 Å². The van der Waals surface area contributed by atoms with Gasteiger partial charge in [0, 0.05) is 16.8 Å². The van der Waals surface area contributed by atoms with Crippen LogP contribution in [-0.4, -0.2) is 47.4 Å². The van der Waals surface area contributed by atoms with Gasteiger partial charge in [0.25, 0.3) is 0 Å². The predicted octanol–water partition coefficient (Wildman–Crippen LogP) is 3.04. The van der Waals surface area contributed by atoms with Crippen LogP contribution >= 0.6 is 24.2 Å². The maximum absolute atomic E-state index is 12.4. The lowest BCUT2D eigenvalue weighted by molar-refractivity contribution is -0.147. The SMILES string of the molecule is COC(=O)[C@H](c1ccccc1Cl)N1CCC[C@@H](S)C(CC(=O)O)C1. The smallest absolute Gasteiger partial charge is 0.327 e. The van der Waals surface area contributed by atoms with Crippen LogP contribution in [0.25, 0.3) is 0 Å². The summed E-state index contributed by atoms with van der Waals surface area (Å²) in [6, 6.07) is 6.53. The van der Waals surface area contributed by atoms with Gasteiger partial charge in [-0.3, -0.25) is 9.69 Å². The minimum Gasteiger partial charge on any atom is -0.481 e. The average molecular weight is 372 g/mol. The lowest BCUT2D eigenvalue weighted by Gasteiger charge is -2.32. The Morgan fingerprint density at radius 3 is 2.79 bits per heavy atom. The molecule has 0 radical (unpaired) electrons. The molecule has 0 amide bonds. The fraction of sp³-hybridized carbons (Fsp3) is 0.529. The van der Waals surface area contributed by atoms with Gasteiger partial charge in [0.1, 0.15) is 6.04 Å². The Morgan fingerprint density at radius 2 is 2.17 bits per heavy atom. The van der Waals surface area contributed by atoms with Gasteiger partial charge in [-0.1, -0.05) is 29.8 Å². The van der Waals surface area contributed by atoms with Crippen molar-refractivity contribution in [2.24, 2.45) is 5.92 Å². The Bertz CT molecular complexity index is 598. The molecular weight excluding hydrogens is 350 g/mol. The second kappa shape index (κ2) is 8.74. The van der Waals surface area contributed by atoms with Gasteiger partial charge in [0.2, 0.25) is 0 Å². The van der Waals surface area contributed by atoms with Crippen molar-refractivity contribution >= 4 is 36.2 Å². The summed E-state index contributed by atoms with van der Waals surface area (Å²) in [4.78, 5) is 25.5. The molecular formula is C17H22ClNO4S. The van der Waals surface area contributed by atoms with Gasteiger partial charge < -0.3 is 9.84 Å². The maximum Gasteiger partial charge on any atom is 0.327 e. The second-order valence-corrected chi connectivity index (χ2v) is 7.08. The van der Waals surface area contributed by atoms with Gasteiger partial charge in [-0.25, -0.2) is 4.79 Å². The lowest BCUT2D eigenvalue weighted by Crippen LogP contribution is -2.39. The standard InChI is InChI=1S/C17H22ClNO4S/c1-23-17(22)16(12-5-2-3-6-13(12)18)19-8-4-7-14(24)11(10-19)9-15(20)21/h2-3,5-6,11,14,16,24H,4,7-10H2,1H3,(H,20,21)/t11?,14-,16+/m1/s1. The highest BCUT2D eigenvalue weighted by molar-refractivity contribution is 7.81. The average Bonchev–Trinajstić information content (AvgIpc) is 2.71. The topological polar surface area (TPSA) is 66.8 Å². The first-order valence-electron chi connectivity index (χ1n) is 7.90. The predicted molar refractivity (Wildman–Crippen MR) is 95.5 cm³/mol. The van der Waals surface area contributed by atoms with Crippen molar-refractivity contribution in [2.45, 2.75) is 30.6 Å². The first-order chi connectivity index (χ1) is 11.4. The summed E-state index contributed by atoms with van der Waals surface area (Å²) in [7, 11) is 1.35. The molecule has 3 atom stereocenters. The van der Waals surface area contributed by atoms with Gasteiger partial charge >= 0.3 is 11.9 Å². The van der Waals surface area contributed by atoms with Crippen molar-refractivity contribution in [3.8, 4) is 0 Å². The summed E-state index contributed by atoms with van der Waals surface area (Å²) >= 11 is 10.8. The minimum atomic E-state index is -0.853. The highest BCUT2D eigenvalue weighted by Gasteiger charge is 2.35. The molecule has 0 aromatic heterocycles. The highest BCUT2D eigenvalue weighted by atomic mass is 35.5. The van der Waals surface area contributed by atoms with Crippen LogP contribution in [0.2, 0.25) is 5.02 Å². The number of halogens is 1. The maximum atomic E-state index is 12.4. The highest BCUT2D eigenvalue weighted by Crippen LogP contribution is 2.33. The Hall–Kier alpha value is -1.24. The molecule has 1 heterocycles. The summed E-state index contributed by atoms with van der Waals surface area (Å²) < 4.78 is 4.98. The van der Waals surface area contributed by atoms with Crippen molar-refractivity contribution in [1.82, 2.24) is 4.90 Å². The van der Waals surface area contributed by atoms with Crippen molar-refractivity contribution in [3.05, 3.63) is 34.9 Å². The molecule has 1 aromatic carbocycles. The summed E-state index contributed by atoms with van der Waals surface area (Å²) in [5, 5.41) is 9.64. The van der Waals surface area contributed by atoms with Crippen LogP contribution in [0.15, 0.2) is 24.3 Å². The van der Waals surface area contributed by atoms with Crippen LogP contribution in [0.1, 0.15) is 30.9 Å². The summed E-state index contributed by atoms with van der Waals surface area (Å²) in [6.07, 6.45) is 1.68. The number of carbonyl (C=O) groups excluding carboxylic acids is 1. The molecule has 1 N–H and O–H groups in total. The van der Waals surface area contributed by atoms with E-state index in [1.54, 1.807) is 18.2 Å². The number of methoxy groups -OCH3 is 1. The summed E-state index contributed by atoms with van der Waals surface area (Å²) in [5.74, 6) is -1.38. The molecule has 1 saturated heterocycles. The molecule has 1 fully saturated rings. The third-order valence-corrected chi connectivity index (χ3v) is 5.41. The van der Waals surface area contributed by atoms with Crippen LogP contribution in [-0.2, 0) is 14.3 Å². The molecule has 7 heteroatoms. The number of carboxylic acids is 1. The van der Waals surface area contributed by atoms with Crippen molar-refractivity contribution in [3.63, 3.8) is 0 Å². The zero-order chi connectivity index (χ0) is 17.7. The second-order valence-electron chi connectivity index (χ2n) is 6.01. The number of aliphatic carboxylic acids is 1. The Balaban J connectivity index is 2.32. The van der Waals surface area contributed by atoms with E-state index in [0.717, 1.165) is 12.8 Å². The Morgan fingerprint density at radius 1 is 1.46 bits per heavy atom. The summed E-state index contributed by atoms with van der Waals surface area (Å²) in [6.45, 7) is 1.13. The molecule has 2 rings (SSSR count). The van der Waals surface area contributed by atoms with E-state index in [1.165, 1.54) is 7.11 Å². The molecule has 5 nitrogen and oxygen atoms in total. The van der Waals surface area contributed by atoms with Crippen LogP contribution in [0.4, 0.5) is 0 Å². The fourth-order valence-electron chi connectivity index (χ4n) is 3.19. The van der Waals surface area contributed by atoms with Gasteiger partial charge in [-0.15, -0.1) is 0 Å². The molecule has 0 saturated carbocycles. The van der Waals surface area contributed by atoms with Crippen LogP contribution in [0.5, 0.6) is 0 Å². The number of carboxylic acid groups (broad SMARTS) is 1. The Labute approximate surface area is 152 Å². The van der Waals surface area contributed by atoms with Gasteiger partial charge in [-0.05, 0) is 36.9 Å². The quantitative estimate of drug-likeness (QED) is 0.615. The molecule has 0 bridgehead atoms. The van der Waals surface area contributed by atoms with E-state index in [0.29, 0.717) is 23.7 Å². The third-order valence-electron chi connectivity index (χ3n) is 4.38. The van der Waals surface area contributed by atoms with Crippen LogP contribution in [0, 0.1) is 5.92 Å². The molecule has 1 aliphatic heterocycles. The minimum absolute atomic E-state index is 0.00403. The molecule has 0 aliphatic carbocycles. The largest absolute Gasteiger partial charge is 0.481 e. The number of esters is 1. The Kier molecular flexibility index (Phi) is 6.95. The number of carbonyl (C=O) groups is 2. The number of nitrogens with zero attached hydrogens (tertiary/aromatic N) is 1. The van der Waals surface area contributed by atoms with Crippen molar-refractivity contribution < 1.29 is 19.4 Å². The first kappa shape index (κ1) is 19.1. The van der Waals surface area contributed by atoms with Gasteiger partial charge in [-0.2, -0.15) is 12.6 Å². The zero-order valence-corrected chi connectivity index (χ0v) is 15.2. The number of likely N-dealkylation sites (tertiary alicyclic amines) is 1. The van der Waals surface area contributed by atoms with E-state index in [4.69, 9.17) is 21.4 Å². The van der Waals surface area contributed by atoms with Crippen molar-refractivity contribution in [2.75, 3.05) is 20.2 Å². The number of hydrogen-bond acceptors (Lipinski definition) is 5. The molecule has 0 spiro atoms. The van der Waals surface area contributed by atoms with E-state index in [1.807, 2.05) is 11.0 Å². The molecule has 132 valence electrons. The third kappa shape index (κ3) is 4.65. The number of rotatable bonds is 5. The molecule has 24 heavy (non-hydrogen) atoms. The van der Waals surface area contributed by atoms with Gasteiger partial charge in [0.05, 0.1) is 13.5 Å². The molecule has 1 aromatic rings. The van der Waals surface area contributed by atoms with E-state index in [9.17, 15) is 9.59 Å². The number of ether oxygens (including phenoxy) is 1. The van der Waals surface area contributed by atoms with Crippen molar-refractivity contribution in [1.29, 1.82) is 0 Å².